The molecule has 4 aromatic carbocycles. The zero-order chi connectivity index (χ0) is 34.8. The Bertz CT molecular complexity index is 2280. The molecule has 1 unspecified atom stereocenters. The fourth-order valence-corrected chi connectivity index (χ4v) is 6.99. The van der Waals surface area contributed by atoms with E-state index in [0.717, 1.165) is 77.5 Å². The fraction of sp³-hybridized carbons (Fsp3) is 0.289. The molecule has 51 heavy (non-hydrogen) atoms. The van der Waals surface area contributed by atoms with Crippen LogP contribution in [0.5, 0.6) is 11.5 Å². The van der Waals surface area contributed by atoms with E-state index in [1.165, 1.54) is 33.5 Å². The molecule has 0 saturated heterocycles. The van der Waals surface area contributed by atoms with Crippen molar-refractivity contribution in [2.24, 2.45) is 0 Å². The molecule has 3 heterocycles. The molecule has 0 aliphatic heterocycles. The van der Waals surface area contributed by atoms with Gasteiger partial charge in [-0.15, -0.1) is 35.7 Å². The Balaban J connectivity index is 0.00000448. The second kappa shape index (κ2) is 15.8. The van der Waals surface area contributed by atoms with Gasteiger partial charge in [-0.1, -0.05) is 102 Å². The number of pyridine rings is 1. The van der Waals surface area contributed by atoms with E-state index >= 15 is 0 Å². The van der Waals surface area contributed by atoms with Crippen LogP contribution < -0.4 is 4.74 Å². The zero-order valence-corrected chi connectivity index (χ0v) is 32.8. The van der Waals surface area contributed by atoms with Gasteiger partial charge in [0.15, 0.2) is 0 Å². The van der Waals surface area contributed by atoms with Gasteiger partial charge in [0.2, 0.25) is 0 Å². The Kier molecular flexibility index (Phi) is 11.3. The first-order valence-electron chi connectivity index (χ1n) is 18.3. The molecule has 6 heteroatoms. The van der Waals surface area contributed by atoms with Crippen LogP contribution in [0.1, 0.15) is 88.4 Å². The van der Waals surface area contributed by atoms with Gasteiger partial charge in [0.25, 0.3) is 0 Å². The van der Waals surface area contributed by atoms with Crippen molar-refractivity contribution in [3.05, 3.63) is 131 Å². The Hall–Kier alpha value is -4.47. The Morgan fingerprint density at radius 2 is 1.51 bits per heavy atom. The Labute approximate surface area is 317 Å². The molecule has 0 aliphatic carbocycles. The zero-order valence-electron chi connectivity index (χ0n) is 30.5. The predicted molar refractivity (Wildman–Crippen MR) is 206 cm³/mol. The van der Waals surface area contributed by atoms with Gasteiger partial charge in [-0.3, -0.25) is 4.68 Å². The summed E-state index contributed by atoms with van der Waals surface area (Å²) in [6, 6.07) is 37.4. The van der Waals surface area contributed by atoms with Crippen LogP contribution in [-0.4, -0.2) is 19.3 Å². The molecule has 0 spiro atoms. The average Bonchev–Trinajstić information content (AvgIpc) is 3.70. The van der Waals surface area contributed by atoms with Gasteiger partial charge < -0.3 is 9.30 Å². The summed E-state index contributed by atoms with van der Waals surface area (Å²) in [4.78, 5) is 4.78. The molecule has 7 aromatic rings. The second-order valence-electron chi connectivity index (χ2n) is 13.2. The van der Waals surface area contributed by atoms with E-state index < -0.39 is 0 Å². The van der Waals surface area contributed by atoms with Crippen molar-refractivity contribution in [3.8, 4) is 34.1 Å². The van der Waals surface area contributed by atoms with Gasteiger partial charge in [-0.05, 0) is 77.6 Å². The molecule has 0 bridgehead atoms. The average molecular weight is 854 g/mol. The van der Waals surface area contributed by atoms with Crippen LogP contribution in [-0.2, 0) is 46.7 Å². The molecule has 0 fully saturated rings. The first-order valence-corrected chi connectivity index (χ1v) is 18.3. The summed E-state index contributed by atoms with van der Waals surface area (Å²) in [5, 5.41) is 7.59. The van der Waals surface area contributed by atoms with Crippen molar-refractivity contribution >= 4 is 21.8 Å². The van der Waals surface area contributed by atoms with E-state index in [1.807, 2.05) is 12.3 Å². The van der Waals surface area contributed by atoms with Gasteiger partial charge in [0.1, 0.15) is 5.82 Å². The monoisotopic (exact) mass is 853 g/mol. The minimum absolute atomic E-state index is 0. The summed E-state index contributed by atoms with van der Waals surface area (Å²) < 4.78 is 11.0. The summed E-state index contributed by atoms with van der Waals surface area (Å²) >= 11 is 0. The van der Waals surface area contributed by atoms with Crippen molar-refractivity contribution in [2.75, 3.05) is 0 Å². The third kappa shape index (κ3) is 7.06. The second-order valence-corrected chi connectivity index (χ2v) is 13.2. The van der Waals surface area contributed by atoms with Crippen molar-refractivity contribution in [2.45, 2.75) is 86.0 Å². The molecular formula is C45H46N4OPt. The van der Waals surface area contributed by atoms with Crippen molar-refractivity contribution < 1.29 is 25.8 Å². The van der Waals surface area contributed by atoms with Crippen molar-refractivity contribution in [1.29, 1.82) is 0 Å². The number of para-hydroxylation sites is 1. The van der Waals surface area contributed by atoms with Crippen molar-refractivity contribution in [1.82, 2.24) is 19.3 Å². The van der Waals surface area contributed by atoms with Gasteiger partial charge in [-0.2, -0.15) is 16.7 Å². The number of hydrogen-bond donors (Lipinski definition) is 0. The van der Waals surface area contributed by atoms with E-state index in [9.17, 15) is 0 Å². The van der Waals surface area contributed by atoms with Crippen LogP contribution in [0.2, 0.25) is 0 Å². The van der Waals surface area contributed by atoms with E-state index in [-0.39, 0.29) is 21.1 Å². The summed E-state index contributed by atoms with van der Waals surface area (Å²) in [5.41, 5.74) is 11.5. The van der Waals surface area contributed by atoms with Crippen LogP contribution in [0.25, 0.3) is 44.4 Å². The molecule has 3 aromatic heterocycles. The molecule has 262 valence electrons. The molecule has 1 atom stereocenters. The Morgan fingerprint density at radius 3 is 2.24 bits per heavy atom. The smallest absolute Gasteiger partial charge is 0.509 e. The number of aromatic nitrogens is 4. The van der Waals surface area contributed by atoms with Crippen LogP contribution in [0.15, 0.2) is 91.1 Å². The van der Waals surface area contributed by atoms with Crippen LogP contribution in [0.3, 0.4) is 0 Å². The molecule has 7 rings (SSSR count). The standard InChI is InChI=1S/C45H46N4O.Pt/c1-7-14-40-44(34-19-17-31(9-3)18-20-34)45(30(6)8-2)49(47-40)35-25-33(11-5)26-37(28-35)50-36-21-22-39-38-15-12-13-16-41(38)48(42(39)29-36)43-27-32(10-4)23-24-46-43;/h12-13,15-27,30H,7-11,14H2,1-6H3;/q-2;+2. The minimum Gasteiger partial charge on any atom is -0.509 e. The van der Waals surface area contributed by atoms with Crippen LogP contribution >= 0.6 is 0 Å². The molecule has 0 amide bonds. The number of fused-ring (bicyclic) bond motifs is 3. The maximum Gasteiger partial charge on any atom is 2.00 e. The van der Waals surface area contributed by atoms with Gasteiger partial charge in [-0.25, -0.2) is 4.98 Å². The van der Waals surface area contributed by atoms with E-state index in [4.69, 9.17) is 14.8 Å². The topological polar surface area (TPSA) is 44.9 Å². The predicted octanol–water partition coefficient (Wildman–Crippen LogP) is 11.6. The summed E-state index contributed by atoms with van der Waals surface area (Å²) in [6.07, 6.45) is 7.67. The van der Waals surface area contributed by atoms with E-state index in [1.54, 1.807) is 0 Å². The van der Waals surface area contributed by atoms with Crippen molar-refractivity contribution in [3.63, 3.8) is 0 Å². The van der Waals surface area contributed by atoms with Crippen LogP contribution in [0, 0.1) is 12.1 Å². The molecular weight excluding hydrogens is 808 g/mol. The van der Waals surface area contributed by atoms with Gasteiger partial charge in [0.05, 0.1) is 11.4 Å². The van der Waals surface area contributed by atoms with E-state index in [0.29, 0.717) is 17.4 Å². The normalized spacial score (nSPS) is 12.0. The largest absolute Gasteiger partial charge is 2.00 e. The third-order valence-corrected chi connectivity index (χ3v) is 9.96. The number of aryl methyl sites for hydroxylation is 4. The molecule has 0 aliphatic rings. The summed E-state index contributed by atoms with van der Waals surface area (Å²) in [5.74, 6) is 2.47. The summed E-state index contributed by atoms with van der Waals surface area (Å²) in [7, 11) is 0. The maximum absolute atomic E-state index is 6.66. The van der Waals surface area contributed by atoms with Gasteiger partial charge >= 0.3 is 21.1 Å². The summed E-state index contributed by atoms with van der Waals surface area (Å²) in [6.45, 7) is 13.3. The number of benzene rings is 4. The number of ether oxygens (including phenoxy) is 1. The first-order chi connectivity index (χ1) is 24.5. The first kappa shape index (κ1) is 36.3. The van der Waals surface area contributed by atoms with Gasteiger partial charge in [0, 0.05) is 28.8 Å². The SMILES string of the molecule is CCCc1nn(-c2[c-]c(Oc3[c-]c4c(cc3)c3ccccc3n4-c3cc(CC)ccn3)cc(CC)c2)c(C(C)CC)c1-c1ccc(CC)cc1.[Pt+2]. The molecule has 5 nitrogen and oxygen atoms in total. The number of nitrogens with zero attached hydrogens (tertiary/aromatic N) is 4. The maximum atomic E-state index is 6.66. The Morgan fingerprint density at radius 1 is 0.745 bits per heavy atom. The molecule has 0 saturated carbocycles. The fourth-order valence-electron chi connectivity index (χ4n) is 6.99. The number of hydrogen-bond acceptors (Lipinski definition) is 3. The molecule has 0 N–H and O–H groups in total. The minimum atomic E-state index is 0. The quantitative estimate of drug-likeness (QED) is 0.115. The van der Waals surface area contributed by atoms with E-state index in [2.05, 4.69) is 142 Å². The number of rotatable bonds is 12. The van der Waals surface area contributed by atoms with Crippen LogP contribution in [0.4, 0.5) is 0 Å². The third-order valence-electron chi connectivity index (χ3n) is 9.96. The molecule has 0 radical (unpaired) electrons.